The molecule has 0 unspecified atom stereocenters. The number of nitrogens with one attached hydrogen (secondary N) is 1. The minimum absolute atomic E-state index is 0.0407. The zero-order chi connectivity index (χ0) is 25.2. The molecule has 0 aliphatic heterocycles. The number of fused-ring (bicyclic) bond motifs is 1. The van der Waals surface area contributed by atoms with Crippen LogP contribution in [0.5, 0.6) is 0 Å². The quantitative estimate of drug-likeness (QED) is 0.310. The lowest BCUT2D eigenvalue weighted by Gasteiger charge is -2.32. The van der Waals surface area contributed by atoms with Gasteiger partial charge >= 0.3 is 0 Å². The van der Waals surface area contributed by atoms with E-state index in [4.69, 9.17) is 34.8 Å². The second-order valence-electron chi connectivity index (χ2n) is 9.85. The normalized spacial score (nSPS) is 13.7. The molecule has 1 saturated carbocycles. The van der Waals surface area contributed by atoms with Crippen LogP contribution in [0.15, 0.2) is 48.7 Å². The lowest BCUT2D eigenvalue weighted by molar-refractivity contribution is -0.146. The average molecular weight is 535 g/mol. The number of amides is 2. The Morgan fingerprint density at radius 1 is 1.09 bits per heavy atom. The van der Waals surface area contributed by atoms with Gasteiger partial charge in [-0.2, -0.15) is 0 Å². The van der Waals surface area contributed by atoms with Crippen molar-refractivity contribution in [2.75, 3.05) is 19.0 Å². The number of hydrogen-bond acceptors (Lipinski definition) is 2. The van der Waals surface area contributed by atoms with E-state index in [1.165, 1.54) is 0 Å². The standard InChI is InChI=1S/C27H30Cl3N3O2/c1-27(2,17-28)26(35)33(20-8-9-20)16-25(34)32(15-18-7-10-22(29)23(30)13-18)12-11-19-14-31-24-6-4-3-5-21(19)24/h3-7,10,13-14,20,31H,8-9,11-12,15-17H2,1-2H3. The Labute approximate surface area is 221 Å². The highest BCUT2D eigenvalue weighted by Gasteiger charge is 2.40. The number of carbonyl (C=O) groups excluding carboxylic acids is 2. The zero-order valence-electron chi connectivity index (χ0n) is 20.0. The van der Waals surface area contributed by atoms with Crippen molar-refractivity contribution >= 4 is 57.5 Å². The third-order valence-corrected chi connectivity index (χ3v) is 7.91. The first kappa shape index (κ1) is 25.9. The second kappa shape index (κ2) is 10.8. The number of hydrogen-bond donors (Lipinski definition) is 1. The fourth-order valence-electron chi connectivity index (χ4n) is 4.19. The minimum Gasteiger partial charge on any atom is -0.361 e. The monoisotopic (exact) mass is 533 g/mol. The Morgan fingerprint density at radius 2 is 1.83 bits per heavy atom. The molecule has 1 aromatic heterocycles. The molecule has 0 radical (unpaired) electrons. The molecule has 0 bridgehead atoms. The van der Waals surface area contributed by atoms with Crippen LogP contribution < -0.4 is 0 Å². The lowest BCUT2D eigenvalue weighted by Crippen LogP contribution is -2.49. The second-order valence-corrected chi connectivity index (χ2v) is 10.9. The summed E-state index contributed by atoms with van der Waals surface area (Å²) in [5, 5.41) is 2.07. The first-order chi connectivity index (χ1) is 16.7. The summed E-state index contributed by atoms with van der Waals surface area (Å²) < 4.78 is 0. The molecule has 0 atom stereocenters. The fraction of sp³-hybridized carbons (Fsp3) is 0.407. The van der Waals surface area contributed by atoms with Gasteiger partial charge in [-0.15, -0.1) is 11.6 Å². The highest BCUT2D eigenvalue weighted by molar-refractivity contribution is 6.42. The van der Waals surface area contributed by atoms with Crippen LogP contribution in [-0.4, -0.2) is 51.6 Å². The largest absolute Gasteiger partial charge is 0.361 e. The summed E-state index contributed by atoms with van der Waals surface area (Å²) in [6.45, 7) is 4.58. The van der Waals surface area contributed by atoms with E-state index in [0.29, 0.717) is 29.6 Å². The number of carbonyl (C=O) groups is 2. The van der Waals surface area contributed by atoms with E-state index in [1.807, 2.05) is 44.3 Å². The summed E-state index contributed by atoms with van der Waals surface area (Å²) in [7, 11) is 0. The summed E-state index contributed by atoms with van der Waals surface area (Å²) in [6, 6.07) is 13.6. The van der Waals surface area contributed by atoms with Crippen molar-refractivity contribution < 1.29 is 9.59 Å². The van der Waals surface area contributed by atoms with Gasteiger partial charge in [0.2, 0.25) is 11.8 Å². The van der Waals surface area contributed by atoms with Gasteiger partial charge in [-0.3, -0.25) is 9.59 Å². The van der Waals surface area contributed by atoms with Crippen molar-refractivity contribution in [1.82, 2.24) is 14.8 Å². The van der Waals surface area contributed by atoms with Gasteiger partial charge in [0.05, 0.1) is 15.5 Å². The van der Waals surface area contributed by atoms with Crippen LogP contribution in [0.1, 0.15) is 37.8 Å². The van der Waals surface area contributed by atoms with Crippen molar-refractivity contribution in [3.05, 3.63) is 69.8 Å². The van der Waals surface area contributed by atoms with Crippen molar-refractivity contribution in [3.8, 4) is 0 Å². The molecule has 0 spiro atoms. The van der Waals surface area contributed by atoms with E-state index in [0.717, 1.165) is 34.9 Å². The molecule has 0 saturated heterocycles. The van der Waals surface area contributed by atoms with Crippen LogP contribution in [-0.2, 0) is 22.6 Å². The smallest absolute Gasteiger partial charge is 0.242 e. The fourth-order valence-corrected chi connectivity index (χ4v) is 4.62. The third kappa shape index (κ3) is 6.14. The average Bonchev–Trinajstić information content (AvgIpc) is 3.61. The number of benzene rings is 2. The zero-order valence-corrected chi connectivity index (χ0v) is 22.3. The molecule has 3 aromatic rings. The van der Waals surface area contributed by atoms with E-state index < -0.39 is 5.41 Å². The number of H-pyrrole nitrogens is 1. The van der Waals surface area contributed by atoms with Gasteiger partial charge in [0.1, 0.15) is 6.54 Å². The molecule has 4 rings (SSSR count). The molecule has 1 aliphatic rings. The number of aromatic amines is 1. The highest BCUT2D eigenvalue weighted by atomic mass is 35.5. The maximum atomic E-state index is 13.6. The van der Waals surface area contributed by atoms with Crippen molar-refractivity contribution in [1.29, 1.82) is 0 Å². The molecule has 1 aliphatic carbocycles. The number of para-hydroxylation sites is 1. The van der Waals surface area contributed by atoms with Crippen LogP contribution in [0.4, 0.5) is 0 Å². The maximum Gasteiger partial charge on any atom is 0.242 e. The number of alkyl halides is 1. The highest BCUT2D eigenvalue weighted by Crippen LogP contribution is 2.32. The number of aromatic nitrogens is 1. The summed E-state index contributed by atoms with van der Waals surface area (Å²) in [5.74, 6) is 0.0348. The van der Waals surface area contributed by atoms with Crippen LogP contribution in [0.25, 0.3) is 10.9 Å². The predicted octanol–water partition coefficient (Wildman–Crippen LogP) is 6.30. The van der Waals surface area contributed by atoms with Gasteiger partial charge in [0.15, 0.2) is 0 Å². The molecule has 35 heavy (non-hydrogen) atoms. The summed E-state index contributed by atoms with van der Waals surface area (Å²) >= 11 is 18.4. The minimum atomic E-state index is -0.719. The first-order valence-corrected chi connectivity index (χ1v) is 13.1. The topological polar surface area (TPSA) is 56.4 Å². The van der Waals surface area contributed by atoms with E-state index in [9.17, 15) is 9.59 Å². The molecule has 1 fully saturated rings. The molecule has 2 amide bonds. The molecule has 8 heteroatoms. The number of rotatable bonds is 10. The Balaban J connectivity index is 1.55. The van der Waals surface area contributed by atoms with Crippen molar-refractivity contribution in [2.45, 2.75) is 45.7 Å². The maximum absolute atomic E-state index is 13.6. The van der Waals surface area contributed by atoms with E-state index >= 15 is 0 Å². The van der Waals surface area contributed by atoms with Gasteiger partial charge < -0.3 is 14.8 Å². The Morgan fingerprint density at radius 3 is 2.51 bits per heavy atom. The Bertz CT molecular complexity index is 1220. The van der Waals surface area contributed by atoms with Gasteiger partial charge in [-0.1, -0.05) is 47.5 Å². The summed E-state index contributed by atoms with van der Waals surface area (Å²) in [6.07, 6.45) is 4.51. The van der Waals surface area contributed by atoms with E-state index in [-0.39, 0.29) is 30.3 Å². The van der Waals surface area contributed by atoms with Gasteiger partial charge in [0.25, 0.3) is 0 Å². The van der Waals surface area contributed by atoms with E-state index in [2.05, 4.69) is 11.1 Å². The molecule has 1 N–H and O–H groups in total. The predicted molar refractivity (Wildman–Crippen MR) is 143 cm³/mol. The first-order valence-electron chi connectivity index (χ1n) is 11.8. The molecular formula is C27H30Cl3N3O2. The molecule has 1 heterocycles. The molecule has 2 aromatic carbocycles. The SMILES string of the molecule is CC(C)(CCl)C(=O)N(CC(=O)N(CCc1c[nH]c2ccccc12)Cc1ccc(Cl)c(Cl)c1)C1CC1. The van der Waals surface area contributed by atoms with Gasteiger partial charge in [-0.25, -0.2) is 0 Å². The van der Waals surface area contributed by atoms with E-state index in [1.54, 1.807) is 21.9 Å². The van der Waals surface area contributed by atoms with Crippen LogP contribution in [0.3, 0.4) is 0 Å². The molecule has 186 valence electrons. The van der Waals surface area contributed by atoms with Crippen LogP contribution in [0.2, 0.25) is 10.0 Å². The summed E-state index contributed by atoms with van der Waals surface area (Å²) in [5.41, 5.74) is 2.38. The van der Waals surface area contributed by atoms with Gasteiger partial charge in [-0.05, 0) is 62.4 Å². The van der Waals surface area contributed by atoms with Crippen LogP contribution >= 0.6 is 34.8 Å². The Hall–Kier alpha value is -2.21. The van der Waals surface area contributed by atoms with Crippen molar-refractivity contribution in [2.24, 2.45) is 5.41 Å². The molecular weight excluding hydrogens is 505 g/mol. The third-order valence-electron chi connectivity index (χ3n) is 6.50. The summed E-state index contributed by atoms with van der Waals surface area (Å²) in [4.78, 5) is 33.6. The number of halogens is 3. The molecule has 5 nitrogen and oxygen atoms in total. The number of nitrogens with zero attached hydrogens (tertiary/aromatic N) is 2. The van der Waals surface area contributed by atoms with Crippen LogP contribution in [0, 0.1) is 5.41 Å². The van der Waals surface area contributed by atoms with Crippen molar-refractivity contribution in [3.63, 3.8) is 0 Å². The van der Waals surface area contributed by atoms with Gasteiger partial charge in [0, 0.05) is 42.1 Å². The Kier molecular flexibility index (Phi) is 7.99. The lowest BCUT2D eigenvalue weighted by atomic mass is 9.94.